The van der Waals surface area contributed by atoms with Gasteiger partial charge in [0, 0.05) is 36.7 Å². The molecule has 146 valence electrons. The molecule has 1 aliphatic rings. The zero-order chi connectivity index (χ0) is 19.6. The van der Waals surface area contributed by atoms with Gasteiger partial charge in [0.1, 0.15) is 11.5 Å². The van der Waals surface area contributed by atoms with Crippen LogP contribution >= 0.6 is 0 Å². The number of benzene rings is 1. The molecule has 0 fully saturated rings. The molecule has 2 heterocycles. The van der Waals surface area contributed by atoms with Crippen molar-refractivity contribution in [3.8, 4) is 11.5 Å². The summed E-state index contributed by atoms with van der Waals surface area (Å²) in [4.78, 5) is 15.0. The Kier molecular flexibility index (Phi) is 5.70. The molecule has 1 aromatic carbocycles. The molecule has 7 heteroatoms. The van der Waals surface area contributed by atoms with E-state index in [9.17, 15) is 4.79 Å². The lowest BCUT2D eigenvalue weighted by molar-refractivity contribution is -0.00702. The summed E-state index contributed by atoms with van der Waals surface area (Å²) in [6.07, 6.45) is 0.656. The lowest BCUT2D eigenvalue weighted by atomic mass is 9.99. The van der Waals surface area contributed by atoms with E-state index in [1.165, 1.54) is 0 Å². The summed E-state index contributed by atoms with van der Waals surface area (Å²) in [5.41, 5.74) is 3.27. The van der Waals surface area contributed by atoms with Crippen molar-refractivity contribution in [1.82, 2.24) is 15.1 Å². The van der Waals surface area contributed by atoms with Crippen LogP contribution < -0.4 is 9.47 Å². The molecule has 1 N–H and O–H groups in total. The average Bonchev–Trinajstić information content (AvgIpc) is 3.09. The van der Waals surface area contributed by atoms with Gasteiger partial charge in [-0.2, -0.15) is 5.10 Å². The number of H-pyrrole nitrogens is 1. The Morgan fingerprint density at radius 1 is 1.33 bits per heavy atom. The normalized spacial score (nSPS) is 18.7. The van der Waals surface area contributed by atoms with Gasteiger partial charge in [-0.1, -0.05) is 0 Å². The Labute approximate surface area is 159 Å². The minimum Gasteiger partial charge on any atom is -0.497 e. The number of ether oxygens (including phenoxy) is 3. The molecule has 0 spiro atoms. The number of rotatable bonds is 6. The summed E-state index contributed by atoms with van der Waals surface area (Å²) in [5, 5.41) is 7.31. The van der Waals surface area contributed by atoms with Gasteiger partial charge in [0.2, 0.25) is 0 Å². The van der Waals surface area contributed by atoms with E-state index >= 15 is 0 Å². The highest BCUT2D eigenvalue weighted by Gasteiger charge is 2.31. The first-order chi connectivity index (χ1) is 13.0. The van der Waals surface area contributed by atoms with Crippen LogP contribution in [0.5, 0.6) is 11.5 Å². The summed E-state index contributed by atoms with van der Waals surface area (Å²) in [7, 11) is 3.23. The van der Waals surface area contributed by atoms with Crippen LogP contribution in [-0.4, -0.2) is 47.9 Å². The highest BCUT2D eigenvalue weighted by Crippen LogP contribution is 2.31. The maximum Gasteiger partial charge on any atom is 0.274 e. The largest absolute Gasteiger partial charge is 0.497 e. The number of aromatic nitrogens is 2. The molecule has 0 saturated carbocycles. The van der Waals surface area contributed by atoms with E-state index in [-0.39, 0.29) is 18.1 Å². The van der Waals surface area contributed by atoms with Crippen molar-refractivity contribution in [2.45, 2.75) is 45.9 Å². The van der Waals surface area contributed by atoms with E-state index in [1.807, 2.05) is 39.0 Å². The van der Waals surface area contributed by atoms with Gasteiger partial charge in [-0.25, -0.2) is 0 Å². The predicted octanol–water partition coefficient (Wildman–Crippen LogP) is 3.11. The Morgan fingerprint density at radius 3 is 2.78 bits per heavy atom. The van der Waals surface area contributed by atoms with Crippen molar-refractivity contribution in [3.63, 3.8) is 0 Å². The van der Waals surface area contributed by atoms with E-state index in [1.54, 1.807) is 19.1 Å². The van der Waals surface area contributed by atoms with Crippen molar-refractivity contribution in [3.05, 3.63) is 40.7 Å². The molecule has 2 atom stereocenters. The molecule has 7 nitrogen and oxygen atoms in total. The standard InChI is InChI=1S/C20H27N3O4/c1-6-23(11-14-7-8-15(25-4)10-17(14)26-5)20(24)19-16-9-12(2)27-13(3)18(16)21-22-19/h7-8,10,12-13H,6,9,11H2,1-5H3,(H,21,22)/t12-,13+/m0/s1. The van der Waals surface area contributed by atoms with Crippen molar-refractivity contribution in [2.24, 2.45) is 0 Å². The third-order valence-electron chi connectivity index (χ3n) is 4.96. The van der Waals surface area contributed by atoms with E-state index in [0.29, 0.717) is 36.7 Å². The maximum absolute atomic E-state index is 13.2. The Bertz CT molecular complexity index is 818. The average molecular weight is 373 g/mol. The monoisotopic (exact) mass is 373 g/mol. The van der Waals surface area contributed by atoms with Gasteiger partial charge in [-0.3, -0.25) is 9.89 Å². The second kappa shape index (κ2) is 8.00. The van der Waals surface area contributed by atoms with Crippen LogP contribution in [-0.2, 0) is 17.7 Å². The van der Waals surface area contributed by atoms with Crippen LogP contribution in [0.25, 0.3) is 0 Å². The number of carbonyl (C=O) groups excluding carboxylic acids is 1. The number of amides is 1. The highest BCUT2D eigenvalue weighted by atomic mass is 16.5. The van der Waals surface area contributed by atoms with Crippen LogP contribution in [0.2, 0.25) is 0 Å². The molecule has 0 saturated heterocycles. The molecule has 2 aromatic rings. The van der Waals surface area contributed by atoms with E-state index in [2.05, 4.69) is 10.2 Å². The lowest BCUT2D eigenvalue weighted by Gasteiger charge is -2.26. The van der Waals surface area contributed by atoms with Crippen molar-refractivity contribution in [1.29, 1.82) is 0 Å². The van der Waals surface area contributed by atoms with Gasteiger partial charge >= 0.3 is 0 Å². The fourth-order valence-electron chi connectivity index (χ4n) is 3.52. The maximum atomic E-state index is 13.2. The first kappa shape index (κ1) is 19.2. The molecule has 0 aliphatic carbocycles. The zero-order valence-electron chi connectivity index (χ0n) is 16.5. The van der Waals surface area contributed by atoms with Crippen molar-refractivity contribution >= 4 is 5.91 Å². The number of aromatic amines is 1. The second-order valence-corrected chi connectivity index (χ2v) is 6.75. The van der Waals surface area contributed by atoms with Gasteiger partial charge < -0.3 is 19.1 Å². The number of fused-ring (bicyclic) bond motifs is 1. The van der Waals surface area contributed by atoms with Crippen LogP contribution in [0.3, 0.4) is 0 Å². The molecule has 1 amide bonds. The molecular formula is C20H27N3O4. The van der Waals surface area contributed by atoms with Gasteiger partial charge in [0.05, 0.1) is 32.1 Å². The lowest BCUT2D eigenvalue weighted by Crippen LogP contribution is -2.32. The summed E-state index contributed by atoms with van der Waals surface area (Å²) in [6, 6.07) is 5.61. The van der Waals surface area contributed by atoms with Gasteiger partial charge in [0.25, 0.3) is 5.91 Å². The Hall–Kier alpha value is -2.54. The Morgan fingerprint density at radius 2 is 2.11 bits per heavy atom. The minimum atomic E-state index is -0.0887. The van der Waals surface area contributed by atoms with Crippen LogP contribution in [0.1, 0.15) is 54.2 Å². The number of methoxy groups -OCH3 is 2. The third-order valence-corrected chi connectivity index (χ3v) is 4.96. The van der Waals surface area contributed by atoms with Gasteiger partial charge in [0.15, 0.2) is 5.69 Å². The summed E-state index contributed by atoms with van der Waals surface area (Å²) in [6.45, 7) is 6.95. The molecule has 1 aromatic heterocycles. The first-order valence-electron chi connectivity index (χ1n) is 9.21. The molecule has 3 rings (SSSR count). The van der Waals surface area contributed by atoms with Crippen molar-refractivity contribution in [2.75, 3.05) is 20.8 Å². The predicted molar refractivity (Wildman–Crippen MR) is 101 cm³/mol. The molecule has 1 aliphatic heterocycles. The van der Waals surface area contributed by atoms with Gasteiger partial charge in [-0.15, -0.1) is 0 Å². The number of nitrogens with one attached hydrogen (secondary N) is 1. The number of hydrogen-bond acceptors (Lipinski definition) is 5. The zero-order valence-corrected chi connectivity index (χ0v) is 16.5. The minimum absolute atomic E-state index is 0.0633. The van der Waals surface area contributed by atoms with E-state index < -0.39 is 0 Å². The van der Waals surface area contributed by atoms with Gasteiger partial charge in [-0.05, 0) is 32.9 Å². The summed E-state index contributed by atoms with van der Waals surface area (Å²) < 4.78 is 16.5. The highest BCUT2D eigenvalue weighted by molar-refractivity contribution is 5.94. The Balaban J connectivity index is 1.86. The topological polar surface area (TPSA) is 76.7 Å². The van der Waals surface area contributed by atoms with Crippen LogP contribution in [0.4, 0.5) is 0 Å². The number of hydrogen-bond donors (Lipinski definition) is 1. The first-order valence-corrected chi connectivity index (χ1v) is 9.21. The molecule has 0 radical (unpaired) electrons. The smallest absolute Gasteiger partial charge is 0.274 e. The molecule has 27 heavy (non-hydrogen) atoms. The van der Waals surface area contributed by atoms with Crippen LogP contribution in [0.15, 0.2) is 18.2 Å². The second-order valence-electron chi connectivity index (χ2n) is 6.75. The SMILES string of the molecule is CCN(Cc1ccc(OC)cc1OC)C(=O)c1n[nH]c2c1C[C@H](C)O[C@@H]2C. The fraction of sp³-hybridized carbons (Fsp3) is 0.500. The molecular weight excluding hydrogens is 346 g/mol. The summed E-state index contributed by atoms with van der Waals surface area (Å²) in [5.74, 6) is 1.32. The van der Waals surface area contributed by atoms with Crippen LogP contribution in [0, 0.1) is 0 Å². The number of carbonyl (C=O) groups is 1. The van der Waals surface area contributed by atoms with E-state index in [4.69, 9.17) is 14.2 Å². The third kappa shape index (κ3) is 3.78. The molecule has 0 bridgehead atoms. The summed E-state index contributed by atoms with van der Waals surface area (Å²) >= 11 is 0. The van der Waals surface area contributed by atoms with Crippen molar-refractivity contribution < 1.29 is 19.0 Å². The quantitative estimate of drug-likeness (QED) is 0.842. The fourth-order valence-corrected chi connectivity index (χ4v) is 3.52. The molecule has 0 unspecified atom stereocenters. The van der Waals surface area contributed by atoms with E-state index in [0.717, 1.165) is 16.8 Å². The number of nitrogens with zero attached hydrogens (tertiary/aromatic N) is 2.